The van der Waals surface area contributed by atoms with E-state index in [0.29, 0.717) is 18.1 Å². The van der Waals surface area contributed by atoms with Crippen LogP contribution < -0.4 is 0 Å². The monoisotopic (exact) mass is 202 g/mol. The summed E-state index contributed by atoms with van der Waals surface area (Å²) in [6, 6.07) is 0. The Bertz CT molecular complexity index is 105. The topological polar surface area (TPSA) is 18.5 Å². The fourth-order valence-corrected chi connectivity index (χ4v) is 2.23. The van der Waals surface area contributed by atoms with Crippen molar-refractivity contribution in [2.75, 3.05) is 14.2 Å². The molecule has 0 N–H and O–H groups in total. The molecule has 0 aliphatic heterocycles. The average Bonchev–Trinajstić information content (AvgIpc) is 2.21. The first-order valence-electron chi connectivity index (χ1n) is 5.80. The first-order valence-corrected chi connectivity index (χ1v) is 5.80. The fraction of sp³-hybridized carbons (Fsp3) is 1.00. The van der Waals surface area contributed by atoms with Crippen molar-refractivity contribution in [2.45, 2.75) is 58.7 Å². The highest BCUT2D eigenvalue weighted by Crippen LogP contribution is 2.24. The lowest BCUT2D eigenvalue weighted by molar-refractivity contribution is -0.0395. The van der Waals surface area contributed by atoms with Gasteiger partial charge < -0.3 is 9.47 Å². The van der Waals surface area contributed by atoms with Crippen molar-refractivity contribution in [1.82, 2.24) is 0 Å². The van der Waals surface area contributed by atoms with Crippen molar-refractivity contribution in [3.05, 3.63) is 0 Å². The SMILES string of the molecule is CCCC(C(CC)OC)C(CC)OC. The lowest BCUT2D eigenvalue weighted by Crippen LogP contribution is -2.33. The van der Waals surface area contributed by atoms with Gasteiger partial charge in [0.1, 0.15) is 0 Å². The van der Waals surface area contributed by atoms with E-state index in [0.717, 1.165) is 12.8 Å². The summed E-state index contributed by atoms with van der Waals surface area (Å²) in [4.78, 5) is 0. The Kier molecular flexibility index (Phi) is 8.20. The van der Waals surface area contributed by atoms with Crippen molar-refractivity contribution in [3.8, 4) is 0 Å². The van der Waals surface area contributed by atoms with E-state index in [9.17, 15) is 0 Å². The number of hydrogen-bond acceptors (Lipinski definition) is 2. The zero-order valence-electron chi connectivity index (χ0n) is 10.4. The van der Waals surface area contributed by atoms with Gasteiger partial charge in [-0.15, -0.1) is 0 Å². The summed E-state index contributed by atoms with van der Waals surface area (Å²) >= 11 is 0. The van der Waals surface area contributed by atoms with Crippen molar-refractivity contribution in [1.29, 1.82) is 0 Å². The zero-order chi connectivity index (χ0) is 11.0. The minimum atomic E-state index is 0.347. The molecule has 14 heavy (non-hydrogen) atoms. The number of hydrogen-bond donors (Lipinski definition) is 0. The Morgan fingerprint density at radius 2 is 1.29 bits per heavy atom. The van der Waals surface area contributed by atoms with Crippen LogP contribution in [0.2, 0.25) is 0 Å². The maximum atomic E-state index is 5.52. The van der Waals surface area contributed by atoms with Crippen molar-refractivity contribution in [3.63, 3.8) is 0 Å². The van der Waals surface area contributed by atoms with Crippen LogP contribution in [-0.2, 0) is 9.47 Å². The molecule has 2 nitrogen and oxygen atoms in total. The van der Waals surface area contributed by atoms with E-state index in [1.165, 1.54) is 12.8 Å². The molecule has 0 saturated heterocycles. The quantitative estimate of drug-likeness (QED) is 0.601. The third kappa shape index (κ3) is 3.97. The van der Waals surface area contributed by atoms with E-state index in [1.54, 1.807) is 14.2 Å². The molecule has 2 atom stereocenters. The highest BCUT2D eigenvalue weighted by Gasteiger charge is 2.26. The number of methoxy groups -OCH3 is 2. The summed E-state index contributed by atoms with van der Waals surface area (Å²) in [5, 5.41) is 0. The summed E-state index contributed by atoms with van der Waals surface area (Å²) < 4.78 is 11.0. The normalized spacial score (nSPS) is 17.8. The average molecular weight is 202 g/mol. The molecule has 0 rings (SSSR count). The zero-order valence-corrected chi connectivity index (χ0v) is 10.4. The Labute approximate surface area is 89.0 Å². The van der Waals surface area contributed by atoms with Gasteiger partial charge >= 0.3 is 0 Å². The molecule has 0 aromatic rings. The molecule has 0 spiro atoms. The summed E-state index contributed by atoms with van der Waals surface area (Å²) in [5.41, 5.74) is 0. The van der Waals surface area contributed by atoms with Gasteiger partial charge in [-0.3, -0.25) is 0 Å². The molecule has 0 amide bonds. The second-order valence-corrected chi connectivity index (χ2v) is 3.82. The lowest BCUT2D eigenvalue weighted by Gasteiger charge is -2.31. The summed E-state index contributed by atoms with van der Waals surface area (Å²) in [6.07, 6.45) is 5.23. The van der Waals surface area contributed by atoms with Gasteiger partial charge in [0.05, 0.1) is 12.2 Å². The van der Waals surface area contributed by atoms with E-state index < -0.39 is 0 Å². The minimum Gasteiger partial charge on any atom is -0.381 e. The molecule has 2 heteroatoms. The predicted octanol–water partition coefficient (Wildman–Crippen LogP) is 3.25. The molecule has 0 bridgehead atoms. The van der Waals surface area contributed by atoms with Crippen LogP contribution in [0.4, 0.5) is 0 Å². The largest absolute Gasteiger partial charge is 0.381 e. The molecule has 2 unspecified atom stereocenters. The fourth-order valence-electron chi connectivity index (χ4n) is 2.23. The Morgan fingerprint density at radius 1 is 0.857 bits per heavy atom. The van der Waals surface area contributed by atoms with Gasteiger partial charge in [0.2, 0.25) is 0 Å². The maximum absolute atomic E-state index is 5.52. The molecule has 0 heterocycles. The molecule has 0 saturated carbocycles. The molecule has 0 fully saturated rings. The van der Waals surface area contributed by atoms with Crippen LogP contribution in [0.15, 0.2) is 0 Å². The van der Waals surface area contributed by atoms with E-state index in [2.05, 4.69) is 20.8 Å². The van der Waals surface area contributed by atoms with E-state index in [1.807, 2.05) is 0 Å². The van der Waals surface area contributed by atoms with Crippen LogP contribution in [0.1, 0.15) is 46.5 Å². The molecular formula is C12H26O2. The van der Waals surface area contributed by atoms with Crippen LogP contribution >= 0.6 is 0 Å². The minimum absolute atomic E-state index is 0.347. The Hall–Kier alpha value is -0.0800. The maximum Gasteiger partial charge on any atom is 0.0621 e. The third-order valence-corrected chi connectivity index (χ3v) is 2.99. The predicted molar refractivity (Wildman–Crippen MR) is 60.6 cm³/mol. The van der Waals surface area contributed by atoms with Gasteiger partial charge in [0.25, 0.3) is 0 Å². The molecule has 0 aromatic heterocycles. The van der Waals surface area contributed by atoms with Gasteiger partial charge in [0.15, 0.2) is 0 Å². The van der Waals surface area contributed by atoms with Gasteiger partial charge in [0, 0.05) is 20.1 Å². The number of rotatable bonds is 8. The van der Waals surface area contributed by atoms with Gasteiger partial charge in [-0.25, -0.2) is 0 Å². The Morgan fingerprint density at radius 3 is 1.50 bits per heavy atom. The lowest BCUT2D eigenvalue weighted by atomic mass is 9.88. The first kappa shape index (κ1) is 13.9. The molecule has 0 radical (unpaired) electrons. The van der Waals surface area contributed by atoms with Crippen LogP contribution in [0.3, 0.4) is 0 Å². The number of ether oxygens (including phenoxy) is 2. The highest BCUT2D eigenvalue weighted by atomic mass is 16.5. The molecule has 0 aliphatic carbocycles. The van der Waals surface area contributed by atoms with Crippen LogP contribution in [0, 0.1) is 5.92 Å². The first-order chi connectivity index (χ1) is 6.74. The molecular weight excluding hydrogens is 176 g/mol. The van der Waals surface area contributed by atoms with Gasteiger partial charge in [-0.2, -0.15) is 0 Å². The smallest absolute Gasteiger partial charge is 0.0621 e. The second-order valence-electron chi connectivity index (χ2n) is 3.82. The van der Waals surface area contributed by atoms with E-state index in [-0.39, 0.29) is 0 Å². The molecule has 0 aromatic carbocycles. The van der Waals surface area contributed by atoms with Crippen LogP contribution in [-0.4, -0.2) is 26.4 Å². The third-order valence-electron chi connectivity index (χ3n) is 2.99. The van der Waals surface area contributed by atoms with Gasteiger partial charge in [-0.05, 0) is 19.3 Å². The van der Waals surface area contributed by atoms with E-state index >= 15 is 0 Å². The molecule has 86 valence electrons. The molecule has 0 aliphatic rings. The Balaban J connectivity index is 4.36. The van der Waals surface area contributed by atoms with Crippen molar-refractivity contribution < 1.29 is 9.47 Å². The van der Waals surface area contributed by atoms with Crippen LogP contribution in [0.5, 0.6) is 0 Å². The van der Waals surface area contributed by atoms with Crippen molar-refractivity contribution >= 4 is 0 Å². The van der Waals surface area contributed by atoms with Gasteiger partial charge in [-0.1, -0.05) is 27.2 Å². The van der Waals surface area contributed by atoms with Crippen LogP contribution in [0.25, 0.3) is 0 Å². The summed E-state index contributed by atoms with van der Waals surface area (Å²) in [5.74, 6) is 0.546. The highest BCUT2D eigenvalue weighted by molar-refractivity contribution is 4.76. The summed E-state index contributed by atoms with van der Waals surface area (Å²) in [7, 11) is 3.61. The standard InChI is InChI=1S/C12H26O2/c1-6-9-10(11(7-2)13-4)12(8-3)14-5/h10-12H,6-9H2,1-5H3. The van der Waals surface area contributed by atoms with Crippen molar-refractivity contribution in [2.24, 2.45) is 5.92 Å². The second kappa shape index (κ2) is 8.25. The summed E-state index contributed by atoms with van der Waals surface area (Å²) in [6.45, 7) is 6.58. The van der Waals surface area contributed by atoms with E-state index in [4.69, 9.17) is 9.47 Å².